The number of likely N-dealkylation sites (tertiary alicyclic amines) is 1. The fourth-order valence-corrected chi connectivity index (χ4v) is 2.08. The van der Waals surface area contributed by atoms with Crippen LogP contribution >= 0.6 is 0 Å². The van der Waals surface area contributed by atoms with Crippen LogP contribution in [0.2, 0.25) is 0 Å². The van der Waals surface area contributed by atoms with Crippen molar-refractivity contribution in [1.29, 1.82) is 0 Å². The van der Waals surface area contributed by atoms with Crippen LogP contribution in [0.25, 0.3) is 0 Å². The molecule has 1 aliphatic heterocycles. The summed E-state index contributed by atoms with van der Waals surface area (Å²) in [6, 6.07) is 0. The highest BCUT2D eigenvalue weighted by atomic mass is 16.2. The summed E-state index contributed by atoms with van der Waals surface area (Å²) in [5, 5.41) is 0. The molecule has 1 saturated carbocycles. The number of nitrogens with zero attached hydrogens (tertiary/aromatic N) is 1. The number of hydrogen-bond acceptors (Lipinski definition) is 1. The summed E-state index contributed by atoms with van der Waals surface area (Å²) in [6.45, 7) is 6.00. The fourth-order valence-electron chi connectivity index (χ4n) is 2.08. The molecule has 0 aromatic heterocycles. The van der Waals surface area contributed by atoms with E-state index in [2.05, 4.69) is 6.92 Å². The molecule has 0 radical (unpaired) electrons. The second-order valence-corrected chi connectivity index (χ2v) is 3.61. The molecule has 1 saturated heterocycles. The molecule has 0 N–H and O–H groups in total. The number of carbonyl (C=O) groups excluding carboxylic acids is 1. The molecule has 0 bridgehead atoms. The van der Waals surface area contributed by atoms with Gasteiger partial charge in [0.15, 0.2) is 0 Å². The molecule has 56 valence electrons. The second-order valence-electron chi connectivity index (χ2n) is 3.61. The first kappa shape index (κ1) is 6.20. The number of rotatable bonds is 0. The zero-order chi connectivity index (χ0) is 7.30. The summed E-state index contributed by atoms with van der Waals surface area (Å²) in [4.78, 5) is 12.8. The Bertz CT molecular complexity index is 166. The van der Waals surface area contributed by atoms with Gasteiger partial charge in [-0.2, -0.15) is 0 Å². The zero-order valence-corrected chi connectivity index (χ0v) is 6.50. The summed E-state index contributed by atoms with van der Waals surface area (Å²) in [5.74, 6) is 2.85. The molecule has 2 aliphatic rings. The molecule has 0 spiro atoms. The van der Waals surface area contributed by atoms with Gasteiger partial charge in [0.2, 0.25) is 5.91 Å². The smallest absolute Gasteiger partial charge is 0.219 e. The number of fused-ring (bicyclic) bond motifs is 1. The Balaban J connectivity index is 1.95. The van der Waals surface area contributed by atoms with Gasteiger partial charge in [0.05, 0.1) is 0 Å². The Morgan fingerprint density at radius 3 is 2.30 bits per heavy atom. The van der Waals surface area contributed by atoms with Crippen molar-refractivity contribution in [2.45, 2.75) is 13.8 Å². The first-order valence-electron chi connectivity index (χ1n) is 3.95. The van der Waals surface area contributed by atoms with Gasteiger partial charge in [-0.05, 0) is 17.8 Å². The normalized spacial score (nSPS) is 43.4. The maximum absolute atomic E-state index is 10.8. The summed E-state index contributed by atoms with van der Waals surface area (Å²) < 4.78 is 0. The van der Waals surface area contributed by atoms with Gasteiger partial charge < -0.3 is 4.90 Å². The maximum Gasteiger partial charge on any atom is 0.219 e. The largest absolute Gasteiger partial charge is 0.342 e. The van der Waals surface area contributed by atoms with Crippen LogP contribution in [0.5, 0.6) is 0 Å². The van der Waals surface area contributed by atoms with E-state index in [0.717, 1.165) is 30.8 Å². The van der Waals surface area contributed by atoms with Crippen LogP contribution < -0.4 is 0 Å². The van der Waals surface area contributed by atoms with E-state index in [-0.39, 0.29) is 5.91 Å². The molecule has 1 amide bonds. The zero-order valence-electron chi connectivity index (χ0n) is 6.50. The van der Waals surface area contributed by atoms with Gasteiger partial charge in [-0.25, -0.2) is 0 Å². The average Bonchev–Trinajstić information content (AvgIpc) is 2.38. The van der Waals surface area contributed by atoms with E-state index >= 15 is 0 Å². The standard InChI is InChI=1S/C8H13NO/c1-5-7-3-9(6(2)10)4-8(5)7/h5,7-8H,3-4H2,1-2H3. The van der Waals surface area contributed by atoms with Crippen LogP contribution in [0.15, 0.2) is 0 Å². The van der Waals surface area contributed by atoms with E-state index in [1.165, 1.54) is 0 Å². The molecule has 0 aromatic rings. The van der Waals surface area contributed by atoms with Crippen molar-refractivity contribution in [2.24, 2.45) is 17.8 Å². The van der Waals surface area contributed by atoms with Gasteiger partial charge in [-0.3, -0.25) is 4.79 Å². The number of hydrogen-bond donors (Lipinski definition) is 0. The van der Waals surface area contributed by atoms with Crippen LogP contribution in [-0.4, -0.2) is 23.9 Å². The summed E-state index contributed by atoms with van der Waals surface area (Å²) in [7, 11) is 0. The van der Waals surface area contributed by atoms with E-state index in [0.29, 0.717) is 0 Å². The minimum absolute atomic E-state index is 0.249. The van der Waals surface area contributed by atoms with Gasteiger partial charge >= 0.3 is 0 Å². The minimum Gasteiger partial charge on any atom is -0.342 e. The number of piperidine rings is 1. The van der Waals surface area contributed by atoms with Crippen LogP contribution in [0.4, 0.5) is 0 Å². The quantitative estimate of drug-likeness (QED) is 0.484. The fraction of sp³-hybridized carbons (Fsp3) is 0.875. The topological polar surface area (TPSA) is 20.3 Å². The lowest BCUT2D eigenvalue weighted by molar-refractivity contribution is -0.128. The van der Waals surface area contributed by atoms with Crippen molar-refractivity contribution in [2.75, 3.05) is 13.1 Å². The predicted octanol–water partition coefficient (Wildman–Crippen LogP) is 0.731. The molecular weight excluding hydrogens is 126 g/mol. The SMILES string of the molecule is CC(=O)N1CC2C(C)C2C1. The van der Waals surface area contributed by atoms with Crippen molar-refractivity contribution in [3.05, 3.63) is 0 Å². The van der Waals surface area contributed by atoms with Gasteiger partial charge in [0, 0.05) is 20.0 Å². The molecule has 2 unspecified atom stereocenters. The van der Waals surface area contributed by atoms with Gasteiger partial charge in [-0.15, -0.1) is 0 Å². The van der Waals surface area contributed by atoms with E-state index in [4.69, 9.17) is 0 Å². The third kappa shape index (κ3) is 0.678. The first-order chi connectivity index (χ1) is 4.70. The number of carbonyl (C=O) groups is 1. The Hall–Kier alpha value is -0.530. The molecule has 10 heavy (non-hydrogen) atoms. The molecule has 2 rings (SSSR count). The third-order valence-electron chi connectivity index (χ3n) is 3.07. The van der Waals surface area contributed by atoms with Gasteiger partial charge in [0.25, 0.3) is 0 Å². The molecule has 2 nitrogen and oxygen atoms in total. The third-order valence-corrected chi connectivity index (χ3v) is 3.07. The Morgan fingerprint density at radius 2 is 1.90 bits per heavy atom. The molecule has 2 heteroatoms. The van der Waals surface area contributed by atoms with Crippen molar-refractivity contribution in [3.63, 3.8) is 0 Å². The van der Waals surface area contributed by atoms with Gasteiger partial charge in [0.1, 0.15) is 0 Å². The van der Waals surface area contributed by atoms with E-state index < -0.39 is 0 Å². The van der Waals surface area contributed by atoms with E-state index in [9.17, 15) is 4.79 Å². The van der Waals surface area contributed by atoms with Gasteiger partial charge in [-0.1, -0.05) is 6.92 Å². The lowest BCUT2D eigenvalue weighted by Crippen LogP contribution is -2.28. The first-order valence-corrected chi connectivity index (χ1v) is 3.95. The second kappa shape index (κ2) is 1.74. The lowest BCUT2D eigenvalue weighted by atomic mass is 10.3. The molecule has 0 aromatic carbocycles. The summed E-state index contributed by atoms with van der Waals surface area (Å²) in [6.07, 6.45) is 0. The monoisotopic (exact) mass is 139 g/mol. The Labute approximate surface area is 61.2 Å². The molecule has 2 fully saturated rings. The van der Waals surface area contributed by atoms with Crippen LogP contribution in [0.1, 0.15) is 13.8 Å². The van der Waals surface area contributed by atoms with Crippen molar-refractivity contribution in [1.82, 2.24) is 4.90 Å². The summed E-state index contributed by atoms with van der Waals surface area (Å²) >= 11 is 0. The highest BCUT2D eigenvalue weighted by Gasteiger charge is 2.53. The van der Waals surface area contributed by atoms with E-state index in [1.807, 2.05) is 4.90 Å². The van der Waals surface area contributed by atoms with Crippen molar-refractivity contribution in [3.8, 4) is 0 Å². The lowest BCUT2D eigenvalue weighted by Gasteiger charge is -2.15. The Kier molecular flexibility index (Phi) is 1.08. The molecular formula is C8H13NO. The number of amides is 1. The molecule has 1 heterocycles. The maximum atomic E-state index is 10.8. The molecule has 1 aliphatic carbocycles. The Morgan fingerprint density at radius 1 is 1.40 bits per heavy atom. The highest BCUT2D eigenvalue weighted by molar-refractivity contribution is 5.73. The summed E-state index contributed by atoms with van der Waals surface area (Å²) in [5.41, 5.74) is 0. The predicted molar refractivity (Wildman–Crippen MR) is 38.4 cm³/mol. The minimum atomic E-state index is 0.249. The van der Waals surface area contributed by atoms with Crippen molar-refractivity contribution < 1.29 is 4.79 Å². The van der Waals surface area contributed by atoms with Crippen LogP contribution in [0.3, 0.4) is 0 Å². The van der Waals surface area contributed by atoms with E-state index in [1.54, 1.807) is 6.92 Å². The molecule has 2 atom stereocenters. The van der Waals surface area contributed by atoms with Crippen LogP contribution in [-0.2, 0) is 4.79 Å². The van der Waals surface area contributed by atoms with Crippen molar-refractivity contribution >= 4 is 5.91 Å². The van der Waals surface area contributed by atoms with Crippen LogP contribution in [0, 0.1) is 17.8 Å². The highest BCUT2D eigenvalue weighted by Crippen LogP contribution is 2.50. The average molecular weight is 139 g/mol.